The van der Waals surface area contributed by atoms with Gasteiger partial charge in [-0.05, 0) is 31.4 Å². The number of aryl methyl sites for hydroxylation is 1. The van der Waals surface area contributed by atoms with Gasteiger partial charge >= 0.3 is 5.97 Å². The summed E-state index contributed by atoms with van der Waals surface area (Å²) in [6.07, 6.45) is 0.755. The Morgan fingerprint density at radius 3 is 2.74 bits per heavy atom. The molecule has 1 aliphatic heterocycles. The van der Waals surface area contributed by atoms with E-state index in [0.717, 1.165) is 12.1 Å². The number of nitrogens with zero attached hydrogens (tertiary/aromatic N) is 2. The second kappa shape index (κ2) is 4.87. The van der Waals surface area contributed by atoms with Gasteiger partial charge in [-0.3, -0.25) is 4.79 Å². The third kappa shape index (κ3) is 2.38. The Kier molecular flexibility index (Phi) is 3.42. The fourth-order valence-corrected chi connectivity index (χ4v) is 2.52. The maximum atomic E-state index is 11.5. The van der Waals surface area contributed by atoms with Gasteiger partial charge in [-0.15, -0.1) is 0 Å². The van der Waals surface area contributed by atoms with Crippen LogP contribution in [0.1, 0.15) is 29.4 Å². The Balaban J connectivity index is 2.48. The predicted molar refractivity (Wildman–Crippen MR) is 70.0 cm³/mol. The van der Waals surface area contributed by atoms with Gasteiger partial charge in [0.25, 0.3) is 5.91 Å². The molecular weight excluding hydrogens is 246 g/mol. The van der Waals surface area contributed by atoms with Crippen LogP contribution in [0.5, 0.6) is 0 Å². The minimum atomic E-state index is -0.899. The van der Waals surface area contributed by atoms with Crippen LogP contribution in [0.2, 0.25) is 0 Å². The standard InChI is InChI=1S/C13H17N3O3/c1-7-5-6-16(10(7)13(18)19)12-9(11(14)17)4-3-8(2)15-12/h3-4,7,10H,5-6H2,1-2H3,(H2,14,17)(H,18,19). The van der Waals surface area contributed by atoms with E-state index in [1.54, 1.807) is 24.0 Å². The summed E-state index contributed by atoms with van der Waals surface area (Å²) in [6.45, 7) is 4.25. The molecule has 2 unspecified atom stereocenters. The maximum absolute atomic E-state index is 11.5. The topological polar surface area (TPSA) is 96.5 Å². The first-order valence-corrected chi connectivity index (χ1v) is 6.18. The average Bonchev–Trinajstić information content (AvgIpc) is 2.70. The molecule has 0 aliphatic carbocycles. The summed E-state index contributed by atoms with van der Waals surface area (Å²) in [5.41, 5.74) is 6.33. The van der Waals surface area contributed by atoms with E-state index in [-0.39, 0.29) is 11.5 Å². The van der Waals surface area contributed by atoms with Gasteiger partial charge in [0.15, 0.2) is 0 Å². The number of anilines is 1. The Bertz CT molecular complexity index is 530. The number of primary amides is 1. The van der Waals surface area contributed by atoms with Gasteiger partial charge in [0.2, 0.25) is 0 Å². The minimum Gasteiger partial charge on any atom is -0.480 e. The van der Waals surface area contributed by atoms with Gasteiger partial charge in [0.05, 0.1) is 5.56 Å². The van der Waals surface area contributed by atoms with Gasteiger partial charge < -0.3 is 15.7 Å². The minimum absolute atomic E-state index is 0.0144. The van der Waals surface area contributed by atoms with Crippen LogP contribution in [-0.2, 0) is 4.79 Å². The van der Waals surface area contributed by atoms with Crippen LogP contribution in [-0.4, -0.2) is 34.6 Å². The Labute approximate surface area is 111 Å². The molecule has 1 amide bonds. The van der Waals surface area contributed by atoms with Gasteiger partial charge in [-0.1, -0.05) is 6.92 Å². The van der Waals surface area contributed by atoms with Crippen LogP contribution in [0.15, 0.2) is 12.1 Å². The molecule has 19 heavy (non-hydrogen) atoms. The normalized spacial score (nSPS) is 22.5. The number of carbonyl (C=O) groups excluding carboxylic acids is 1. The SMILES string of the molecule is Cc1ccc(C(N)=O)c(N2CCC(C)C2C(=O)O)n1. The zero-order valence-electron chi connectivity index (χ0n) is 11.0. The number of hydrogen-bond donors (Lipinski definition) is 2. The number of aromatic nitrogens is 1. The first-order chi connectivity index (χ1) is 8.91. The molecule has 2 atom stereocenters. The van der Waals surface area contributed by atoms with Crippen LogP contribution in [0.25, 0.3) is 0 Å². The zero-order valence-corrected chi connectivity index (χ0v) is 11.0. The van der Waals surface area contributed by atoms with Crippen molar-refractivity contribution in [1.82, 2.24) is 4.98 Å². The van der Waals surface area contributed by atoms with E-state index < -0.39 is 17.9 Å². The third-order valence-corrected chi connectivity index (χ3v) is 3.51. The van der Waals surface area contributed by atoms with E-state index in [9.17, 15) is 14.7 Å². The highest BCUT2D eigenvalue weighted by atomic mass is 16.4. The molecule has 1 aliphatic rings. The summed E-state index contributed by atoms with van der Waals surface area (Å²) >= 11 is 0. The highest BCUT2D eigenvalue weighted by Crippen LogP contribution is 2.30. The number of amides is 1. The molecule has 1 aromatic heterocycles. The van der Waals surface area contributed by atoms with E-state index in [1.165, 1.54) is 0 Å². The van der Waals surface area contributed by atoms with E-state index in [0.29, 0.717) is 12.4 Å². The second-order valence-electron chi connectivity index (χ2n) is 4.93. The number of aliphatic carboxylic acids is 1. The molecule has 2 heterocycles. The summed E-state index contributed by atoms with van der Waals surface area (Å²) in [5.74, 6) is -1.10. The fourth-order valence-electron chi connectivity index (χ4n) is 2.52. The molecule has 0 bridgehead atoms. The van der Waals surface area contributed by atoms with Crippen molar-refractivity contribution < 1.29 is 14.7 Å². The molecule has 0 radical (unpaired) electrons. The molecule has 0 spiro atoms. The lowest BCUT2D eigenvalue weighted by Gasteiger charge is -2.26. The molecule has 1 aromatic rings. The quantitative estimate of drug-likeness (QED) is 0.840. The molecule has 3 N–H and O–H groups in total. The van der Waals surface area contributed by atoms with Crippen molar-refractivity contribution >= 4 is 17.7 Å². The smallest absolute Gasteiger partial charge is 0.326 e. The van der Waals surface area contributed by atoms with Crippen molar-refractivity contribution in [1.29, 1.82) is 0 Å². The van der Waals surface area contributed by atoms with Crippen molar-refractivity contribution in [3.05, 3.63) is 23.4 Å². The van der Waals surface area contributed by atoms with Crippen LogP contribution in [0.4, 0.5) is 5.82 Å². The average molecular weight is 263 g/mol. The maximum Gasteiger partial charge on any atom is 0.326 e. The molecule has 2 rings (SSSR count). The first kappa shape index (κ1) is 13.3. The first-order valence-electron chi connectivity index (χ1n) is 6.18. The fraction of sp³-hybridized carbons (Fsp3) is 0.462. The van der Waals surface area contributed by atoms with Crippen LogP contribution < -0.4 is 10.6 Å². The van der Waals surface area contributed by atoms with Gasteiger partial charge in [-0.2, -0.15) is 0 Å². The lowest BCUT2D eigenvalue weighted by atomic mass is 10.0. The number of carbonyl (C=O) groups is 2. The largest absolute Gasteiger partial charge is 0.480 e. The van der Waals surface area contributed by atoms with E-state index in [1.807, 2.05) is 6.92 Å². The number of carboxylic acid groups (broad SMARTS) is 1. The van der Waals surface area contributed by atoms with E-state index >= 15 is 0 Å². The van der Waals surface area contributed by atoms with Crippen LogP contribution in [0, 0.1) is 12.8 Å². The lowest BCUT2D eigenvalue weighted by molar-refractivity contribution is -0.139. The predicted octanol–water partition coefficient (Wildman–Crippen LogP) is 0.788. The lowest BCUT2D eigenvalue weighted by Crippen LogP contribution is -2.40. The molecule has 0 saturated carbocycles. The number of rotatable bonds is 3. The molecule has 1 fully saturated rings. The van der Waals surface area contributed by atoms with Gasteiger partial charge in [0.1, 0.15) is 11.9 Å². The number of pyridine rings is 1. The third-order valence-electron chi connectivity index (χ3n) is 3.51. The summed E-state index contributed by atoms with van der Waals surface area (Å²) in [6, 6.07) is 2.63. The number of nitrogens with two attached hydrogens (primary N) is 1. The number of carboxylic acids is 1. The monoisotopic (exact) mass is 263 g/mol. The second-order valence-corrected chi connectivity index (χ2v) is 4.93. The number of hydrogen-bond acceptors (Lipinski definition) is 4. The Morgan fingerprint density at radius 1 is 1.47 bits per heavy atom. The van der Waals surface area contributed by atoms with Crippen LogP contribution in [0.3, 0.4) is 0 Å². The summed E-state index contributed by atoms with van der Waals surface area (Å²) < 4.78 is 0. The van der Waals surface area contributed by atoms with Crippen molar-refractivity contribution in [2.45, 2.75) is 26.3 Å². The van der Waals surface area contributed by atoms with Crippen molar-refractivity contribution in [3.8, 4) is 0 Å². The Hall–Kier alpha value is -2.11. The molecule has 6 nitrogen and oxygen atoms in total. The highest BCUT2D eigenvalue weighted by molar-refractivity contribution is 5.98. The highest BCUT2D eigenvalue weighted by Gasteiger charge is 2.38. The van der Waals surface area contributed by atoms with Crippen molar-refractivity contribution in [2.75, 3.05) is 11.4 Å². The molecule has 1 saturated heterocycles. The van der Waals surface area contributed by atoms with Crippen molar-refractivity contribution in [3.63, 3.8) is 0 Å². The van der Waals surface area contributed by atoms with Gasteiger partial charge in [0, 0.05) is 12.2 Å². The zero-order chi connectivity index (χ0) is 14.2. The summed E-state index contributed by atoms with van der Waals surface area (Å²) in [4.78, 5) is 28.8. The van der Waals surface area contributed by atoms with Crippen molar-refractivity contribution in [2.24, 2.45) is 11.7 Å². The van der Waals surface area contributed by atoms with Gasteiger partial charge in [-0.25, -0.2) is 9.78 Å². The van der Waals surface area contributed by atoms with Crippen LogP contribution >= 0.6 is 0 Å². The molecule has 6 heteroatoms. The van der Waals surface area contributed by atoms with E-state index in [4.69, 9.17) is 5.73 Å². The Morgan fingerprint density at radius 2 is 2.16 bits per heavy atom. The summed E-state index contributed by atoms with van der Waals surface area (Å²) in [7, 11) is 0. The molecule has 0 aromatic carbocycles. The molecular formula is C13H17N3O3. The molecule has 102 valence electrons. The summed E-state index contributed by atoms with van der Waals surface area (Å²) in [5, 5.41) is 9.33. The van der Waals surface area contributed by atoms with E-state index in [2.05, 4.69) is 4.98 Å².